The normalized spacial score (nSPS) is 12.3. The van der Waals surface area contributed by atoms with Gasteiger partial charge in [-0.1, -0.05) is 0 Å². The number of hydrogen-bond acceptors (Lipinski definition) is 3. The van der Waals surface area contributed by atoms with E-state index in [9.17, 15) is 53.8 Å². The molecule has 0 amide bonds. The molecule has 0 aromatic heterocycles. The lowest BCUT2D eigenvalue weighted by molar-refractivity contribution is -0.168. The largest absolute Gasteiger partial charge is 0.465 e. The van der Waals surface area contributed by atoms with E-state index >= 15 is 0 Å². The Kier molecular flexibility index (Phi) is 6.57. The second-order valence-electron chi connectivity index (χ2n) is 6.95. The minimum Gasteiger partial charge on any atom is -0.465 e. The summed E-state index contributed by atoms with van der Waals surface area (Å²) < 4.78 is 145. The molecule has 0 saturated carbocycles. The number of benzene rings is 2. The summed E-state index contributed by atoms with van der Waals surface area (Å²) in [6, 6.07) is 0. The number of ether oxygens (including phenoxy) is 1. The van der Waals surface area contributed by atoms with E-state index in [1.165, 1.54) is 6.92 Å². The summed E-state index contributed by atoms with van der Waals surface area (Å²) in [5, 5.41) is 11.1. The first kappa shape index (κ1) is 25.4. The Morgan fingerprint density at radius 3 is 1.16 bits per heavy atom. The Morgan fingerprint density at radius 1 is 0.656 bits per heavy atom. The van der Waals surface area contributed by atoms with Gasteiger partial charge in [-0.3, -0.25) is 4.79 Å². The number of carbonyl (C=O) groups is 1. The smallest absolute Gasteiger partial charge is 0.315 e. The van der Waals surface area contributed by atoms with Gasteiger partial charge in [0.2, 0.25) is 11.6 Å². The topological polar surface area (TPSA) is 46.5 Å². The van der Waals surface area contributed by atoms with Crippen LogP contribution in [0.4, 0.5) is 43.9 Å². The number of halogens is 10. The maximum Gasteiger partial charge on any atom is 0.315 e. The molecule has 2 rings (SSSR count). The van der Waals surface area contributed by atoms with Crippen LogP contribution in [0.25, 0.3) is 0 Å². The van der Waals surface area contributed by atoms with Crippen LogP contribution in [-0.2, 0) is 15.1 Å². The van der Waals surface area contributed by atoms with Crippen LogP contribution in [0, 0.1) is 63.6 Å². The van der Waals surface area contributed by atoms with Crippen molar-refractivity contribution in [1.82, 2.24) is 0 Å². The summed E-state index contributed by atoms with van der Waals surface area (Å²) in [5.41, 5.74) is -12.3. The van der Waals surface area contributed by atoms with E-state index in [0.717, 1.165) is 0 Å². The minimum absolute atomic E-state index is 0.473. The highest BCUT2D eigenvalue weighted by Crippen LogP contribution is 2.50. The van der Waals surface area contributed by atoms with Crippen molar-refractivity contribution in [1.29, 1.82) is 0 Å². The monoisotopic (exact) mass is 478 g/mol. The maximum absolute atomic E-state index is 14.6. The molecule has 0 aliphatic heterocycles. The summed E-state index contributed by atoms with van der Waals surface area (Å²) in [7, 11) is 0. The molecule has 0 aliphatic carbocycles. The molecule has 1 N–H and O–H groups in total. The van der Waals surface area contributed by atoms with Crippen molar-refractivity contribution in [3.05, 3.63) is 69.3 Å². The van der Waals surface area contributed by atoms with E-state index in [4.69, 9.17) is 0 Å². The van der Waals surface area contributed by atoms with Gasteiger partial charge in [-0.05, 0) is 20.8 Å². The van der Waals surface area contributed by atoms with Gasteiger partial charge in [-0.2, -0.15) is 0 Å². The first-order valence-corrected chi connectivity index (χ1v) is 8.52. The molecule has 2 aromatic carbocycles. The molecule has 2 aromatic rings. The summed E-state index contributed by atoms with van der Waals surface area (Å²) in [6.07, 6.45) is 0. The Labute approximate surface area is 173 Å². The van der Waals surface area contributed by atoms with E-state index < -0.39 is 92.9 Å². The van der Waals surface area contributed by atoms with Crippen molar-refractivity contribution < 1.29 is 58.5 Å². The van der Waals surface area contributed by atoms with E-state index in [1.54, 1.807) is 0 Å². The lowest BCUT2D eigenvalue weighted by Gasteiger charge is -2.41. The third-order valence-corrected chi connectivity index (χ3v) is 4.83. The molecule has 0 fully saturated rings. The van der Waals surface area contributed by atoms with E-state index in [-0.39, 0.29) is 0 Å². The molecule has 0 bridgehead atoms. The number of carbonyl (C=O) groups excluding carboxylic acids is 1. The van der Waals surface area contributed by atoms with Crippen molar-refractivity contribution in [3.63, 3.8) is 0 Å². The molecule has 176 valence electrons. The van der Waals surface area contributed by atoms with E-state index in [2.05, 4.69) is 4.74 Å². The van der Waals surface area contributed by atoms with Crippen molar-refractivity contribution in [3.8, 4) is 0 Å². The second-order valence-corrected chi connectivity index (χ2v) is 6.95. The highest BCUT2D eigenvalue weighted by atomic mass is 19.2. The van der Waals surface area contributed by atoms with E-state index in [1.807, 2.05) is 0 Å². The van der Waals surface area contributed by atoms with Crippen molar-refractivity contribution in [2.75, 3.05) is 6.61 Å². The summed E-state index contributed by atoms with van der Waals surface area (Å²) in [5.74, 6) is -29.7. The zero-order chi connectivity index (χ0) is 24.9. The molecular formula is C19H12F10O3. The summed E-state index contributed by atoms with van der Waals surface area (Å²) >= 11 is 0. The molecule has 32 heavy (non-hydrogen) atoms. The molecule has 13 heteroatoms. The predicted octanol–water partition coefficient (Wildman–Crippen LogP) is 4.90. The van der Waals surface area contributed by atoms with E-state index in [0.29, 0.717) is 13.8 Å². The average Bonchev–Trinajstić information content (AvgIpc) is 2.73. The first-order chi connectivity index (χ1) is 14.6. The average molecular weight is 478 g/mol. The highest BCUT2D eigenvalue weighted by molar-refractivity contribution is 5.79. The fourth-order valence-corrected chi connectivity index (χ4v) is 3.05. The van der Waals surface area contributed by atoms with Gasteiger partial charge < -0.3 is 9.84 Å². The van der Waals surface area contributed by atoms with Crippen LogP contribution in [0.2, 0.25) is 0 Å². The van der Waals surface area contributed by atoms with Crippen molar-refractivity contribution in [2.45, 2.75) is 26.4 Å². The van der Waals surface area contributed by atoms with Crippen LogP contribution < -0.4 is 0 Å². The third-order valence-electron chi connectivity index (χ3n) is 4.83. The van der Waals surface area contributed by atoms with Crippen LogP contribution in [0.1, 0.15) is 31.9 Å². The maximum atomic E-state index is 14.6. The van der Waals surface area contributed by atoms with Crippen molar-refractivity contribution in [2.24, 2.45) is 5.41 Å². The number of esters is 1. The van der Waals surface area contributed by atoms with Gasteiger partial charge in [0, 0.05) is 0 Å². The van der Waals surface area contributed by atoms with Gasteiger partial charge >= 0.3 is 5.97 Å². The number of hydrogen-bond donors (Lipinski definition) is 1. The Morgan fingerprint density at radius 2 is 0.906 bits per heavy atom. The molecule has 3 nitrogen and oxygen atoms in total. The fourth-order valence-electron chi connectivity index (χ4n) is 3.05. The number of aliphatic hydroxyl groups is 1. The number of rotatable bonds is 5. The molecule has 0 heterocycles. The predicted molar refractivity (Wildman–Crippen MR) is 85.9 cm³/mol. The molecule has 0 aliphatic rings. The lowest BCUT2D eigenvalue weighted by Crippen LogP contribution is -2.51. The van der Waals surface area contributed by atoms with Gasteiger partial charge in [0.25, 0.3) is 0 Å². The Bertz CT molecular complexity index is 986. The van der Waals surface area contributed by atoms with Crippen molar-refractivity contribution >= 4 is 5.97 Å². The summed E-state index contributed by atoms with van der Waals surface area (Å²) in [6.45, 7) is 1.60. The Hall–Kier alpha value is -2.83. The molecule has 0 spiro atoms. The standard InChI is InChI=1S/C19H12F10O3/c1-4-32-17(30)18(2,3)19(31,5-7(20)11(24)15(28)12(25)8(5)21)6-9(22)13(26)16(29)14(27)10(6)23/h31H,4H2,1-3H3. The SMILES string of the molecule is CCOC(=O)C(C)(C)C(O)(c1c(F)c(F)c(F)c(F)c1F)c1c(F)c(F)c(F)c(F)c1F. The molecule has 0 atom stereocenters. The van der Waals surface area contributed by atoms with Gasteiger partial charge in [0.05, 0.1) is 23.1 Å². The van der Waals surface area contributed by atoms with Gasteiger partial charge in [-0.25, -0.2) is 43.9 Å². The quantitative estimate of drug-likeness (QED) is 0.288. The zero-order valence-electron chi connectivity index (χ0n) is 16.3. The van der Waals surface area contributed by atoms with Crippen LogP contribution in [0.5, 0.6) is 0 Å². The first-order valence-electron chi connectivity index (χ1n) is 8.52. The molecule has 0 unspecified atom stereocenters. The third kappa shape index (κ3) is 3.29. The van der Waals surface area contributed by atoms with Crippen LogP contribution in [-0.4, -0.2) is 17.7 Å². The van der Waals surface area contributed by atoms with Gasteiger partial charge in [0.15, 0.2) is 46.5 Å². The van der Waals surface area contributed by atoms with Crippen LogP contribution >= 0.6 is 0 Å². The summed E-state index contributed by atoms with van der Waals surface area (Å²) in [4.78, 5) is 12.4. The molecule has 0 radical (unpaired) electrons. The van der Waals surface area contributed by atoms with Crippen LogP contribution in [0.15, 0.2) is 0 Å². The highest BCUT2D eigenvalue weighted by Gasteiger charge is 2.59. The molecular weight excluding hydrogens is 466 g/mol. The second kappa shape index (κ2) is 8.26. The fraction of sp³-hybridized carbons (Fsp3) is 0.316. The molecule has 0 saturated heterocycles. The Balaban J connectivity index is 3.23. The lowest BCUT2D eigenvalue weighted by atomic mass is 9.66. The van der Waals surface area contributed by atoms with Gasteiger partial charge in [-0.15, -0.1) is 0 Å². The minimum atomic E-state index is -4.35. The zero-order valence-corrected chi connectivity index (χ0v) is 16.3. The van der Waals surface area contributed by atoms with Crippen LogP contribution in [0.3, 0.4) is 0 Å². The van der Waals surface area contributed by atoms with Gasteiger partial charge in [0.1, 0.15) is 5.60 Å².